The van der Waals surface area contributed by atoms with Gasteiger partial charge in [0, 0.05) is 26.2 Å². The molecule has 4 heteroatoms. The first kappa shape index (κ1) is 15.4. The number of nitrogens with zero attached hydrogens (tertiary/aromatic N) is 2. The van der Waals surface area contributed by atoms with Crippen LogP contribution in [0.25, 0.3) is 0 Å². The summed E-state index contributed by atoms with van der Waals surface area (Å²) in [5, 5.41) is 3.08. The van der Waals surface area contributed by atoms with Crippen molar-refractivity contribution in [2.75, 3.05) is 39.8 Å². The Morgan fingerprint density at radius 3 is 2.22 bits per heavy atom. The first-order valence-electron chi connectivity index (χ1n) is 7.07. The average molecular weight is 255 g/mol. The minimum absolute atomic E-state index is 0.216. The summed E-state index contributed by atoms with van der Waals surface area (Å²) in [6.45, 7) is 13.3. The highest BCUT2D eigenvalue weighted by molar-refractivity contribution is 5.85. The molecular weight excluding hydrogens is 226 g/mol. The summed E-state index contributed by atoms with van der Waals surface area (Å²) in [7, 11) is 1.84. The Bertz CT molecular complexity index is 268. The molecule has 0 spiro atoms. The first-order chi connectivity index (χ1) is 8.36. The van der Waals surface area contributed by atoms with E-state index in [1.165, 1.54) is 6.42 Å². The number of hydrogen-bond donors (Lipinski definition) is 1. The SMILES string of the molecule is CNC(C)(C)C(=O)N1CCN(CCC(C)C)CC1. The molecule has 0 aliphatic carbocycles. The van der Waals surface area contributed by atoms with Crippen LogP contribution in [0, 0.1) is 5.92 Å². The summed E-state index contributed by atoms with van der Waals surface area (Å²) in [4.78, 5) is 16.7. The molecule has 106 valence electrons. The fourth-order valence-corrected chi connectivity index (χ4v) is 2.12. The molecule has 1 fully saturated rings. The lowest BCUT2D eigenvalue weighted by Crippen LogP contribution is -2.57. The third kappa shape index (κ3) is 4.25. The van der Waals surface area contributed by atoms with Crippen molar-refractivity contribution in [1.29, 1.82) is 0 Å². The van der Waals surface area contributed by atoms with E-state index in [-0.39, 0.29) is 5.91 Å². The molecule has 0 bridgehead atoms. The van der Waals surface area contributed by atoms with Gasteiger partial charge in [-0.1, -0.05) is 13.8 Å². The Morgan fingerprint density at radius 2 is 1.78 bits per heavy atom. The Hall–Kier alpha value is -0.610. The zero-order chi connectivity index (χ0) is 13.8. The largest absolute Gasteiger partial charge is 0.339 e. The van der Waals surface area contributed by atoms with Crippen molar-refractivity contribution in [1.82, 2.24) is 15.1 Å². The fraction of sp³-hybridized carbons (Fsp3) is 0.929. The van der Waals surface area contributed by atoms with Crippen LogP contribution >= 0.6 is 0 Å². The Morgan fingerprint density at radius 1 is 1.22 bits per heavy atom. The molecule has 0 aromatic carbocycles. The van der Waals surface area contributed by atoms with Gasteiger partial charge in [0.15, 0.2) is 0 Å². The molecule has 1 saturated heterocycles. The van der Waals surface area contributed by atoms with E-state index in [1.54, 1.807) is 0 Å². The van der Waals surface area contributed by atoms with Crippen molar-refractivity contribution in [3.8, 4) is 0 Å². The highest BCUT2D eigenvalue weighted by Crippen LogP contribution is 2.11. The van der Waals surface area contributed by atoms with E-state index in [4.69, 9.17) is 0 Å². The maximum Gasteiger partial charge on any atom is 0.242 e. The highest BCUT2D eigenvalue weighted by Gasteiger charge is 2.31. The third-order valence-corrected chi connectivity index (χ3v) is 3.84. The maximum absolute atomic E-state index is 12.3. The van der Waals surface area contributed by atoms with E-state index in [2.05, 4.69) is 24.1 Å². The molecule has 0 aromatic rings. The molecular formula is C14H29N3O. The summed E-state index contributed by atoms with van der Waals surface area (Å²) < 4.78 is 0. The van der Waals surface area contributed by atoms with Crippen LogP contribution in [0.1, 0.15) is 34.1 Å². The van der Waals surface area contributed by atoms with Crippen LogP contribution in [0.5, 0.6) is 0 Å². The molecule has 1 aliphatic heterocycles. The van der Waals surface area contributed by atoms with Crippen molar-refractivity contribution in [2.24, 2.45) is 5.92 Å². The molecule has 0 unspecified atom stereocenters. The molecule has 1 amide bonds. The fourth-order valence-electron chi connectivity index (χ4n) is 2.12. The van der Waals surface area contributed by atoms with Crippen molar-refractivity contribution < 1.29 is 4.79 Å². The molecule has 0 saturated carbocycles. The van der Waals surface area contributed by atoms with Gasteiger partial charge in [0.25, 0.3) is 0 Å². The van der Waals surface area contributed by atoms with Crippen LogP contribution < -0.4 is 5.32 Å². The third-order valence-electron chi connectivity index (χ3n) is 3.84. The maximum atomic E-state index is 12.3. The highest BCUT2D eigenvalue weighted by atomic mass is 16.2. The zero-order valence-electron chi connectivity index (χ0n) is 12.6. The van der Waals surface area contributed by atoms with Gasteiger partial charge in [-0.15, -0.1) is 0 Å². The minimum Gasteiger partial charge on any atom is -0.339 e. The number of carbonyl (C=O) groups is 1. The van der Waals surface area contributed by atoms with Crippen molar-refractivity contribution >= 4 is 5.91 Å². The van der Waals surface area contributed by atoms with Crippen LogP contribution in [0.2, 0.25) is 0 Å². The predicted octanol–water partition coefficient (Wildman–Crippen LogP) is 1.17. The number of piperazine rings is 1. The predicted molar refractivity (Wildman–Crippen MR) is 75.6 cm³/mol. The number of amides is 1. The van der Waals surface area contributed by atoms with E-state index < -0.39 is 5.54 Å². The molecule has 0 atom stereocenters. The van der Waals surface area contributed by atoms with Crippen molar-refractivity contribution in [2.45, 2.75) is 39.7 Å². The van der Waals surface area contributed by atoms with E-state index in [0.717, 1.165) is 38.6 Å². The van der Waals surface area contributed by atoms with Gasteiger partial charge < -0.3 is 10.2 Å². The molecule has 1 heterocycles. The topological polar surface area (TPSA) is 35.6 Å². The molecule has 0 aromatic heterocycles. The average Bonchev–Trinajstić information content (AvgIpc) is 2.36. The Labute approximate surface area is 112 Å². The van der Waals surface area contributed by atoms with E-state index in [9.17, 15) is 4.79 Å². The molecule has 1 rings (SSSR count). The van der Waals surface area contributed by atoms with Gasteiger partial charge in [0.1, 0.15) is 0 Å². The Kier molecular flexibility index (Phi) is 5.60. The summed E-state index contributed by atoms with van der Waals surface area (Å²) in [5.41, 5.74) is -0.444. The first-order valence-corrected chi connectivity index (χ1v) is 7.07. The van der Waals surface area contributed by atoms with Gasteiger partial charge in [-0.05, 0) is 39.8 Å². The van der Waals surface area contributed by atoms with Gasteiger partial charge in [-0.25, -0.2) is 0 Å². The molecule has 0 radical (unpaired) electrons. The standard InChI is InChI=1S/C14H29N3O/c1-12(2)6-7-16-8-10-17(11-9-16)13(18)14(3,4)15-5/h12,15H,6-11H2,1-5H3. The summed E-state index contributed by atoms with van der Waals surface area (Å²) in [5.74, 6) is 0.974. The number of rotatable bonds is 5. The van der Waals surface area contributed by atoms with E-state index >= 15 is 0 Å². The summed E-state index contributed by atoms with van der Waals surface area (Å²) in [6, 6.07) is 0. The second kappa shape index (κ2) is 6.53. The number of likely N-dealkylation sites (N-methyl/N-ethyl adjacent to an activating group) is 1. The van der Waals surface area contributed by atoms with Crippen LogP contribution in [0.3, 0.4) is 0 Å². The zero-order valence-corrected chi connectivity index (χ0v) is 12.6. The van der Waals surface area contributed by atoms with E-state index in [1.807, 2.05) is 25.8 Å². The molecule has 1 N–H and O–H groups in total. The van der Waals surface area contributed by atoms with Crippen LogP contribution in [0.4, 0.5) is 0 Å². The van der Waals surface area contributed by atoms with E-state index in [0.29, 0.717) is 0 Å². The smallest absolute Gasteiger partial charge is 0.242 e. The minimum atomic E-state index is -0.444. The quantitative estimate of drug-likeness (QED) is 0.801. The summed E-state index contributed by atoms with van der Waals surface area (Å²) >= 11 is 0. The monoisotopic (exact) mass is 255 g/mol. The summed E-state index contributed by atoms with van der Waals surface area (Å²) in [6.07, 6.45) is 1.25. The van der Waals surface area contributed by atoms with Gasteiger partial charge in [-0.3, -0.25) is 9.69 Å². The normalized spacial score (nSPS) is 18.4. The van der Waals surface area contributed by atoms with Gasteiger partial charge >= 0.3 is 0 Å². The van der Waals surface area contributed by atoms with Crippen LogP contribution in [-0.2, 0) is 4.79 Å². The van der Waals surface area contributed by atoms with Gasteiger partial charge in [0.05, 0.1) is 5.54 Å². The number of carbonyl (C=O) groups excluding carboxylic acids is 1. The van der Waals surface area contributed by atoms with Crippen molar-refractivity contribution in [3.63, 3.8) is 0 Å². The molecule has 18 heavy (non-hydrogen) atoms. The molecule has 4 nitrogen and oxygen atoms in total. The van der Waals surface area contributed by atoms with Gasteiger partial charge in [0.2, 0.25) is 5.91 Å². The van der Waals surface area contributed by atoms with Crippen molar-refractivity contribution in [3.05, 3.63) is 0 Å². The lowest BCUT2D eigenvalue weighted by molar-refractivity contribution is -0.138. The number of nitrogens with one attached hydrogen (secondary N) is 1. The van der Waals surface area contributed by atoms with Crippen LogP contribution in [0.15, 0.2) is 0 Å². The lowest BCUT2D eigenvalue weighted by Gasteiger charge is -2.38. The lowest BCUT2D eigenvalue weighted by atomic mass is 10.0. The molecule has 1 aliphatic rings. The number of hydrogen-bond acceptors (Lipinski definition) is 3. The Balaban J connectivity index is 2.37. The van der Waals surface area contributed by atoms with Crippen LogP contribution in [-0.4, -0.2) is 61.0 Å². The van der Waals surface area contributed by atoms with Gasteiger partial charge in [-0.2, -0.15) is 0 Å². The second-order valence-corrected chi connectivity index (χ2v) is 6.19. The second-order valence-electron chi connectivity index (χ2n) is 6.19.